The zero-order valence-corrected chi connectivity index (χ0v) is 23.9. The number of likely N-dealkylation sites (N-methyl/N-ethyl adjacent to an activating group) is 1. The SMILES string of the molecule is Cc1cc(S(=O)(=O)N[C@H]2CCN(CCOCCN)C2=O)ccc1O[C@H]1c2cc(Cl)cc(C#N)c2C[C@@H]1N(C)C. The second-order valence-corrected chi connectivity index (χ2v) is 12.2. The first-order chi connectivity index (χ1) is 18.6. The molecule has 1 aliphatic carbocycles. The molecular formula is C27H34ClN5O5S. The van der Waals surface area contributed by atoms with Crippen LogP contribution in [0.3, 0.4) is 0 Å². The van der Waals surface area contributed by atoms with E-state index in [0.717, 1.165) is 11.1 Å². The molecule has 0 aromatic heterocycles. The van der Waals surface area contributed by atoms with Crippen LogP contribution in [0.25, 0.3) is 0 Å². The smallest absolute Gasteiger partial charge is 0.241 e. The minimum absolute atomic E-state index is 0.0351. The van der Waals surface area contributed by atoms with Gasteiger partial charge < -0.3 is 25.0 Å². The highest BCUT2D eigenvalue weighted by Gasteiger charge is 2.38. The fraction of sp³-hybridized carbons (Fsp3) is 0.481. The van der Waals surface area contributed by atoms with Gasteiger partial charge in [-0.05, 0) is 80.9 Å². The van der Waals surface area contributed by atoms with Crippen molar-refractivity contribution in [1.82, 2.24) is 14.5 Å². The summed E-state index contributed by atoms with van der Waals surface area (Å²) in [6.45, 7) is 3.79. The number of sulfonamides is 1. The molecule has 0 unspecified atom stereocenters. The molecule has 210 valence electrons. The maximum Gasteiger partial charge on any atom is 0.241 e. The van der Waals surface area contributed by atoms with E-state index in [1.807, 2.05) is 25.1 Å². The summed E-state index contributed by atoms with van der Waals surface area (Å²) in [4.78, 5) is 16.4. The first-order valence-corrected chi connectivity index (χ1v) is 14.7. The molecule has 3 N–H and O–H groups in total. The van der Waals surface area contributed by atoms with E-state index in [2.05, 4.69) is 10.8 Å². The monoisotopic (exact) mass is 575 g/mol. The van der Waals surface area contributed by atoms with Crippen LogP contribution in [-0.2, 0) is 26.0 Å². The number of aryl methyl sites for hydroxylation is 1. The number of fused-ring (bicyclic) bond motifs is 1. The third kappa shape index (κ3) is 6.38. The fourth-order valence-electron chi connectivity index (χ4n) is 5.10. The summed E-state index contributed by atoms with van der Waals surface area (Å²) in [5.41, 5.74) is 8.33. The highest BCUT2D eigenvalue weighted by atomic mass is 35.5. The van der Waals surface area contributed by atoms with Gasteiger partial charge in [-0.25, -0.2) is 8.42 Å². The molecule has 2 aromatic rings. The Morgan fingerprint density at radius 3 is 2.69 bits per heavy atom. The van der Waals surface area contributed by atoms with E-state index >= 15 is 0 Å². The maximum absolute atomic E-state index is 13.1. The number of hydrogen-bond donors (Lipinski definition) is 2. The number of nitrogens with one attached hydrogen (secondary N) is 1. The normalized spacial score (nSPS) is 20.9. The molecule has 3 atom stereocenters. The first kappa shape index (κ1) is 29.3. The molecule has 2 aromatic carbocycles. The number of carbonyl (C=O) groups excluding carboxylic acids is 1. The van der Waals surface area contributed by atoms with Crippen molar-refractivity contribution in [1.29, 1.82) is 5.26 Å². The highest BCUT2D eigenvalue weighted by molar-refractivity contribution is 7.89. The van der Waals surface area contributed by atoms with Crippen molar-refractivity contribution in [3.8, 4) is 11.8 Å². The zero-order chi connectivity index (χ0) is 28.3. The van der Waals surface area contributed by atoms with Crippen LogP contribution in [0.4, 0.5) is 0 Å². The summed E-state index contributed by atoms with van der Waals surface area (Å²) in [7, 11) is -0.0422. The standard InChI is InChI=1S/C27H34ClN5O5S/c1-17-12-20(39(35,36)31-23-6-8-33(27(23)34)9-11-37-10-7-29)4-5-25(17)38-26-22-14-19(28)13-18(16-30)21(22)15-24(26)32(2)3/h4-5,12-14,23-24,26,31H,6-11,15,29H2,1-3H3/t23-,24-,26-/m0/s1. The number of carbonyl (C=O) groups is 1. The summed E-state index contributed by atoms with van der Waals surface area (Å²) in [6.07, 6.45) is 0.625. The molecule has 4 rings (SSSR count). The van der Waals surface area contributed by atoms with Gasteiger partial charge in [0.25, 0.3) is 0 Å². The molecule has 0 bridgehead atoms. The summed E-state index contributed by atoms with van der Waals surface area (Å²) >= 11 is 6.30. The predicted octanol–water partition coefficient (Wildman–Crippen LogP) is 1.98. The number of benzene rings is 2. The number of nitriles is 1. The van der Waals surface area contributed by atoms with Crippen molar-refractivity contribution >= 4 is 27.5 Å². The van der Waals surface area contributed by atoms with Gasteiger partial charge in [-0.3, -0.25) is 4.79 Å². The van der Waals surface area contributed by atoms with Crippen molar-refractivity contribution in [2.75, 3.05) is 46.9 Å². The second-order valence-electron chi connectivity index (χ2n) is 10.0. The van der Waals surface area contributed by atoms with E-state index in [9.17, 15) is 18.5 Å². The summed E-state index contributed by atoms with van der Waals surface area (Å²) in [6, 6.07) is 9.50. The zero-order valence-electron chi connectivity index (χ0n) is 22.3. The van der Waals surface area contributed by atoms with E-state index < -0.39 is 22.2 Å². The van der Waals surface area contributed by atoms with Crippen LogP contribution in [0.15, 0.2) is 35.2 Å². The van der Waals surface area contributed by atoms with E-state index in [1.165, 1.54) is 12.1 Å². The Labute approximate surface area is 234 Å². The molecule has 10 nitrogen and oxygen atoms in total. The minimum atomic E-state index is -3.95. The highest BCUT2D eigenvalue weighted by Crippen LogP contribution is 2.41. The van der Waals surface area contributed by atoms with Gasteiger partial charge in [-0.2, -0.15) is 9.98 Å². The maximum atomic E-state index is 13.1. The van der Waals surface area contributed by atoms with Crippen molar-refractivity contribution < 1.29 is 22.7 Å². The number of rotatable bonds is 11. The molecule has 1 aliphatic heterocycles. The number of halogens is 1. The summed E-state index contributed by atoms with van der Waals surface area (Å²) < 4.78 is 40.6. The third-order valence-electron chi connectivity index (χ3n) is 7.18. The van der Waals surface area contributed by atoms with Crippen LogP contribution in [0, 0.1) is 18.3 Å². The van der Waals surface area contributed by atoms with Gasteiger partial charge in [0.1, 0.15) is 17.9 Å². The van der Waals surface area contributed by atoms with Crippen LogP contribution in [0.1, 0.15) is 34.8 Å². The van der Waals surface area contributed by atoms with E-state index in [1.54, 1.807) is 24.0 Å². The number of hydrogen-bond acceptors (Lipinski definition) is 8. The Kier molecular flexibility index (Phi) is 9.16. The Morgan fingerprint density at radius 1 is 1.26 bits per heavy atom. The van der Waals surface area contributed by atoms with Crippen molar-refractivity contribution in [2.24, 2.45) is 5.73 Å². The second kappa shape index (κ2) is 12.2. The van der Waals surface area contributed by atoms with Gasteiger partial charge in [-0.15, -0.1) is 0 Å². The van der Waals surface area contributed by atoms with Crippen LogP contribution in [0.5, 0.6) is 5.75 Å². The minimum Gasteiger partial charge on any atom is -0.484 e. The number of nitrogens with two attached hydrogens (primary N) is 1. The van der Waals surface area contributed by atoms with Gasteiger partial charge in [0, 0.05) is 24.7 Å². The lowest BCUT2D eigenvalue weighted by Crippen LogP contribution is -2.42. The number of ether oxygens (including phenoxy) is 2. The largest absolute Gasteiger partial charge is 0.484 e. The van der Waals surface area contributed by atoms with Gasteiger partial charge in [-0.1, -0.05) is 11.6 Å². The van der Waals surface area contributed by atoms with Crippen LogP contribution < -0.4 is 15.2 Å². The number of nitrogens with zero attached hydrogens (tertiary/aromatic N) is 3. The molecule has 1 amide bonds. The van der Waals surface area contributed by atoms with Gasteiger partial charge in [0.15, 0.2) is 0 Å². The Bertz CT molecular complexity index is 1380. The molecule has 1 heterocycles. The molecule has 1 saturated heterocycles. The first-order valence-electron chi connectivity index (χ1n) is 12.8. The number of amides is 1. The van der Waals surface area contributed by atoms with Crippen molar-refractivity contribution in [3.05, 3.63) is 57.6 Å². The predicted molar refractivity (Wildman–Crippen MR) is 147 cm³/mol. The molecule has 39 heavy (non-hydrogen) atoms. The molecule has 0 spiro atoms. The van der Waals surface area contributed by atoms with Crippen molar-refractivity contribution in [3.63, 3.8) is 0 Å². The lowest BCUT2D eigenvalue weighted by atomic mass is 10.0. The fourth-order valence-corrected chi connectivity index (χ4v) is 6.64. The van der Waals surface area contributed by atoms with Crippen LogP contribution >= 0.6 is 11.6 Å². The Hall–Kier alpha value is -2.72. The molecule has 12 heteroatoms. The van der Waals surface area contributed by atoms with Crippen LogP contribution in [-0.4, -0.2) is 83.2 Å². The average Bonchev–Trinajstić information content (AvgIpc) is 3.42. The quantitative estimate of drug-likeness (QED) is 0.388. The van der Waals surface area contributed by atoms with E-state index in [-0.39, 0.29) is 16.8 Å². The average molecular weight is 576 g/mol. The van der Waals surface area contributed by atoms with Crippen LogP contribution in [0.2, 0.25) is 5.02 Å². The Balaban J connectivity index is 1.49. The molecule has 1 fully saturated rings. The van der Waals surface area contributed by atoms with E-state index in [4.69, 9.17) is 26.8 Å². The lowest BCUT2D eigenvalue weighted by molar-refractivity contribution is -0.129. The third-order valence-corrected chi connectivity index (χ3v) is 8.86. The molecular weight excluding hydrogens is 542 g/mol. The molecule has 0 saturated carbocycles. The topological polar surface area (TPSA) is 138 Å². The van der Waals surface area contributed by atoms with Gasteiger partial charge >= 0.3 is 0 Å². The lowest BCUT2D eigenvalue weighted by Gasteiger charge is -2.28. The summed E-state index contributed by atoms with van der Waals surface area (Å²) in [5, 5.41) is 10.1. The summed E-state index contributed by atoms with van der Waals surface area (Å²) in [5.74, 6) is 0.259. The van der Waals surface area contributed by atoms with Gasteiger partial charge in [0.05, 0.1) is 35.8 Å². The van der Waals surface area contributed by atoms with Gasteiger partial charge in [0.2, 0.25) is 15.9 Å². The molecule has 2 aliphatic rings. The van der Waals surface area contributed by atoms with Crippen molar-refractivity contribution in [2.45, 2.75) is 42.8 Å². The van der Waals surface area contributed by atoms with E-state index in [0.29, 0.717) is 67.6 Å². The molecule has 0 radical (unpaired) electrons. The Morgan fingerprint density at radius 2 is 2.03 bits per heavy atom. The number of likely N-dealkylation sites (tertiary alicyclic amines) is 1.